The molecule has 0 unspecified atom stereocenters. The number of anilines is 1. The number of benzene rings is 2. The molecule has 0 aliphatic heterocycles. The number of halogens is 1. The molecule has 0 atom stereocenters. The van der Waals surface area contributed by atoms with Crippen molar-refractivity contribution in [3.8, 4) is 0 Å². The first-order valence-corrected chi connectivity index (χ1v) is 5.24. The molecule has 0 bridgehead atoms. The highest BCUT2D eigenvalue weighted by Crippen LogP contribution is 2.16. The molecular formula is C14H14FN. The fourth-order valence-electron chi connectivity index (χ4n) is 1.76. The van der Waals surface area contributed by atoms with E-state index in [1.165, 1.54) is 17.2 Å². The molecule has 0 radical (unpaired) electrons. The van der Waals surface area contributed by atoms with Gasteiger partial charge in [0, 0.05) is 0 Å². The van der Waals surface area contributed by atoms with Crippen LogP contribution in [-0.2, 0) is 6.42 Å². The van der Waals surface area contributed by atoms with E-state index in [9.17, 15) is 4.39 Å². The molecule has 0 spiro atoms. The molecule has 2 aromatic carbocycles. The second-order valence-electron chi connectivity index (χ2n) is 4.02. The summed E-state index contributed by atoms with van der Waals surface area (Å²) in [4.78, 5) is 0. The van der Waals surface area contributed by atoms with Crippen LogP contribution in [-0.4, -0.2) is 0 Å². The van der Waals surface area contributed by atoms with Gasteiger partial charge in [-0.25, -0.2) is 4.39 Å². The Morgan fingerprint density at radius 1 is 1.06 bits per heavy atom. The zero-order valence-corrected chi connectivity index (χ0v) is 9.20. The molecule has 0 fully saturated rings. The van der Waals surface area contributed by atoms with Crippen LogP contribution >= 0.6 is 0 Å². The molecule has 82 valence electrons. The lowest BCUT2D eigenvalue weighted by Crippen LogP contribution is -1.94. The molecule has 16 heavy (non-hydrogen) atoms. The van der Waals surface area contributed by atoms with Crippen molar-refractivity contribution in [2.45, 2.75) is 13.3 Å². The fraction of sp³-hybridized carbons (Fsp3) is 0.143. The van der Waals surface area contributed by atoms with Crippen LogP contribution < -0.4 is 5.73 Å². The molecule has 0 saturated heterocycles. The van der Waals surface area contributed by atoms with E-state index < -0.39 is 0 Å². The van der Waals surface area contributed by atoms with Crippen LogP contribution in [0.4, 0.5) is 10.1 Å². The van der Waals surface area contributed by atoms with Gasteiger partial charge < -0.3 is 5.73 Å². The number of hydrogen-bond acceptors (Lipinski definition) is 1. The zero-order valence-electron chi connectivity index (χ0n) is 9.20. The van der Waals surface area contributed by atoms with E-state index in [0.29, 0.717) is 0 Å². The molecule has 0 amide bonds. The Hall–Kier alpha value is -1.83. The molecule has 0 heterocycles. The van der Waals surface area contributed by atoms with E-state index in [0.717, 1.165) is 12.0 Å². The van der Waals surface area contributed by atoms with E-state index in [1.54, 1.807) is 12.1 Å². The van der Waals surface area contributed by atoms with Crippen LogP contribution in [0.15, 0.2) is 42.5 Å². The lowest BCUT2D eigenvalue weighted by molar-refractivity contribution is 0.632. The summed E-state index contributed by atoms with van der Waals surface area (Å²) in [5.74, 6) is -0.354. The predicted octanol–water partition coefficient (Wildman–Crippen LogP) is 3.31. The van der Waals surface area contributed by atoms with Crippen LogP contribution in [0.3, 0.4) is 0 Å². The van der Waals surface area contributed by atoms with Crippen LogP contribution in [0.1, 0.15) is 16.7 Å². The monoisotopic (exact) mass is 215 g/mol. The van der Waals surface area contributed by atoms with Crippen molar-refractivity contribution in [1.29, 1.82) is 0 Å². The highest BCUT2D eigenvalue weighted by Gasteiger charge is 2.01. The largest absolute Gasteiger partial charge is 0.396 e. The van der Waals surface area contributed by atoms with Gasteiger partial charge in [0.2, 0.25) is 0 Å². The molecule has 2 N–H and O–H groups in total. The van der Waals surface area contributed by atoms with Gasteiger partial charge in [-0.15, -0.1) is 0 Å². The molecule has 2 heteroatoms. The van der Waals surface area contributed by atoms with Gasteiger partial charge in [-0.1, -0.05) is 35.9 Å². The van der Waals surface area contributed by atoms with E-state index in [2.05, 4.69) is 25.1 Å². The maximum atomic E-state index is 13.0. The normalized spacial score (nSPS) is 10.4. The van der Waals surface area contributed by atoms with Crippen LogP contribution in [0.2, 0.25) is 0 Å². The van der Waals surface area contributed by atoms with Crippen LogP contribution in [0, 0.1) is 12.7 Å². The Kier molecular flexibility index (Phi) is 2.91. The standard InChI is InChI=1S/C14H14FN/c1-10-3-2-4-11(7-10)8-12-5-6-13(15)14(16)9-12/h2-7,9H,8,16H2,1H3. The van der Waals surface area contributed by atoms with E-state index in [4.69, 9.17) is 5.73 Å². The van der Waals surface area contributed by atoms with Crippen LogP contribution in [0.25, 0.3) is 0 Å². The highest BCUT2D eigenvalue weighted by molar-refractivity contribution is 5.44. The lowest BCUT2D eigenvalue weighted by Gasteiger charge is -2.04. The van der Waals surface area contributed by atoms with Crippen LogP contribution in [0.5, 0.6) is 0 Å². The zero-order chi connectivity index (χ0) is 11.5. The maximum Gasteiger partial charge on any atom is 0.146 e. The summed E-state index contributed by atoms with van der Waals surface area (Å²) in [7, 11) is 0. The molecule has 0 saturated carbocycles. The number of nitrogen functional groups attached to an aromatic ring is 1. The summed E-state index contributed by atoms with van der Waals surface area (Å²) in [6.45, 7) is 2.06. The van der Waals surface area contributed by atoms with Crippen molar-refractivity contribution >= 4 is 5.69 Å². The summed E-state index contributed by atoms with van der Waals surface area (Å²) in [5, 5.41) is 0. The van der Waals surface area contributed by atoms with Gasteiger partial charge in [-0.3, -0.25) is 0 Å². The fourth-order valence-corrected chi connectivity index (χ4v) is 1.76. The van der Waals surface area contributed by atoms with Crippen molar-refractivity contribution in [1.82, 2.24) is 0 Å². The third kappa shape index (κ3) is 2.40. The molecule has 1 nitrogen and oxygen atoms in total. The first-order valence-electron chi connectivity index (χ1n) is 5.24. The summed E-state index contributed by atoms with van der Waals surface area (Å²) < 4.78 is 13.0. The minimum absolute atomic E-state index is 0.213. The van der Waals surface area contributed by atoms with Gasteiger partial charge in [-0.2, -0.15) is 0 Å². The quantitative estimate of drug-likeness (QED) is 0.764. The minimum Gasteiger partial charge on any atom is -0.396 e. The molecule has 0 aromatic heterocycles. The second kappa shape index (κ2) is 4.35. The van der Waals surface area contributed by atoms with Crippen molar-refractivity contribution in [3.05, 3.63) is 65.0 Å². The average Bonchev–Trinajstić information content (AvgIpc) is 2.24. The predicted molar refractivity (Wildman–Crippen MR) is 64.8 cm³/mol. The van der Waals surface area contributed by atoms with Crippen molar-refractivity contribution in [2.24, 2.45) is 0 Å². The first-order chi connectivity index (χ1) is 7.65. The Bertz CT molecular complexity index is 506. The van der Waals surface area contributed by atoms with E-state index in [1.807, 2.05) is 6.07 Å². The minimum atomic E-state index is -0.354. The molecule has 0 aliphatic carbocycles. The molecule has 2 rings (SSSR count). The molecular weight excluding hydrogens is 201 g/mol. The smallest absolute Gasteiger partial charge is 0.146 e. The summed E-state index contributed by atoms with van der Waals surface area (Å²) in [6, 6.07) is 13.2. The highest BCUT2D eigenvalue weighted by atomic mass is 19.1. The first kappa shape index (κ1) is 10.7. The number of rotatable bonds is 2. The van der Waals surface area contributed by atoms with Gasteiger partial charge in [0.05, 0.1) is 5.69 Å². The van der Waals surface area contributed by atoms with Gasteiger partial charge in [0.15, 0.2) is 0 Å². The lowest BCUT2D eigenvalue weighted by atomic mass is 10.0. The molecule has 2 aromatic rings. The number of aryl methyl sites for hydroxylation is 1. The Labute approximate surface area is 94.7 Å². The third-order valence-electron chi connectivity index (χ3n) is 2.55. The summed E-state index contributed by atoms with van der Waals surface area (Å²) in [5.41, 5.74) is 9.22. The summed E-state index contributed by atoms with van der Waals surface area (Å²) in [6.07, 6.45) is 0.784. The topological polar surface area (TPSA) is 26.0 Å². The van der Waals surface area contributed by atoms with Gasteiger partial charge >= 0.3 is 0 Å². The van der Waals surface area contributed by atoms with Crippen molar-refractivity contribution < 1.29 is 4.39 Å². The Morgan fingerprint density at radius 3 is 2.50 bits per heavy atom. The van der Waals surface area contributed by atoms with E-state index >= 15 is 0 Å². The maximum absolute atomic E-state index is 13.0. The van der Waals surface area contributed by atoms with Gasteiger partial charge in [-0.05, 0) is 36.6 Å². The van der Waals surface area contributed by atoms with Gasteiger partial charge in [0.25, 0.3) is 0 Å². The molecule has 0 aliphatic rings. The number of nitrogens with two attached hydrogens (primary N) is 1. The van der Waals surface area contributed by atoms with Crippen molar-refractivity contribution in [3.63, 3.8) is 0 Å². The average molecular weight is 215 g/mol. The Balaban J connectivity index is 2.24. The van der Waals surface area contributed by atoms with Crippen molar-refractivity contribution in [2.75, 3.05) is 5.73 Å². The second-order valence-corrected chi connectivity index (χ2v) is 4.02. The number of hydrogen-bond donors (Lipinski definition) is 1. The van der Waals surface area contributed by atoms with E-state index in [-0.39, 0.29) is 11.5 Å². The SMILES string of the molecule is Cc1cccc(Cc2ccc(F)c(N)c2)c1. The third-order valence-corrected chi connectivity index (χ3v) is 2.55. The Morgan fingerprint density at radius 2 is 1.81 bits per heavy atom. The summed E-state index contributed by atoms with van der Waals surface area (Å²) >= 11 is 0. The van der Waals surface area contributed by atoms with Gasteiger partial charge in [0.1, 0.15) is 5.82 Å².